The third kappa shape index (κ3) is 6.48. The van der Waals surface area contributed by atoms with Crippen molar-refractivity contribution in [1.82, 2.24) is 15.6 Å². The molecule has 0 aliphatic rings. The van der Waals surface area contributed by atoms with Crippen LogP contribution in [0.15, 0.2) is 27.6 Å². The number of rotatable bonds is 6. The predicted octanol–water partition coefficient (Wildman–Crippen LogP) is 2.93. The lowest BCUT2D eigenvalue weighted by Crippen LogP contribution is -2.39. The minimum Gasteiger partial charge on any atom is -0.489 e. The van der Waals surface area contributed by atoms with Gasteiger partial charge in [-0.25, -0.2) is 13.8 Å². The first-order valence-corrected chi connectivity index (χ1v) is 7.45. The molecule has 0 unspecified atom stereocenters. The van der Waals surface area contributed by atoms with E-state index in [0.29, 0.717) is 24.9 Å². The fraction of sp³-hybridized carbons (Fsp3) is 0.375. The van der Waals surface area contributed by atoms with Crippen LogP contribution in [-0.2, 0) is 6.54 Å². The molecular formula is C16H21F2IN4O2. The molecule has 0 aliphatic carbocycles. The zero-order valence-corrected chi connectivity index (χ0v) is 16.6. The third-order valence-corrected chi connectivity index (χ3v) is 3.25. The van der Waals surface area contributed by atoms with Gasteiger partial charge in [0.15, 0.2) is 17.5 Å². The molecule has 0 atom stereocenters. The Bertz CT molecular complexity index is 703. The molecule has 0 bridgehead atoms. The van der Waals surface area contributed by atoms with Gasteiger partial charge in [-0.3, -0.25) is 4.99 Å². The number of aromatic nitrogens is 1. The Labute approximate surface area is 162 Å². The molecule has 2 aromatic rings. The molecular weight excluding hydrogens is 445 g/mol. The number of benzene rings is 1. The van der Waals surface area contributed by atoms with Crippen LogP contribution < -0.4 is 15.4 Å². The van der Waals surface area contributed by atoms with E-state index in [-0.39, 0.29) is 36.3 Å². The summed E-state index contributed by atoms with van der Waals surface area (Å²) in [6.45, 7) is 4.70. The van der Waals surface area contributed by atoms with Gasteiger partial charge in [0.2, 0.25) is 5.89 Å². The number of halogens is 3. The molecule has 1 aromatic carbocycles. The molecule has 0 spiro atoms. The van der Waals surface area contributed by atoms with Crippen LogP contribution in [0.25, 0.3) is 0 Å². The molecule has 6 nitrogen and oxygen atoms in total. The van der Waals surface area contributed by atoms with Crippen molar-refractivity contribution in [3.63, 3.8) is 0 Å². The molecule has 2 N–H and O–H groups in total. The third-order valence-electron chi connectivity index (χ3n) is 3.25. The lowest BCUT2D eigenvalue weighted by Gasteiger charge is -2.11. The van der Waals surface area contributed by atoms with Crippen LogP contribution >= 0.6 is 24.0 Å². The van der Waals surface area contributed by atoms with Gasteiger partial charge in [0.1, 0.15) is 18.2 Å². The summed E-state index contributed by atoms with van der Waals surface area (Å²) < 4.78 is 36.9. The van der Waals surface area contributed by atoms with E-state index in [1.165, 1.54) is 6.07 Å². The Morgan fingerprint density at radius 2 is 2.04 bits per heavy atom. The predicted molar refractivity (Wildman–Crippen MR) is 101 cm³/mol. The molecule has 0 saturated carbocycles. The number of guanidine groups is 1. The number of aliphatic imine (C=N–C) groups is 1. The summed E-state index contributed by atoms with van der Waals surface area (Å²) in [6, 6.07) is 3.18. The van der Waals surface area contributed by atoms with Crippen LogP contribution in [0.3, 0.4) is 0 Å². The number of nitrogens with one attached hydrogen (secondary N) is 2. The molecule has 0 amide bonds. The second-order valence-electron chi connectivity index (χ2n) is 5.02. The highest BCUT2D eigenvalue weighted by atomic mass is 127. The number of oxazole rings is 1. The van der Waals surface area contributed by atoms with E-state index in [4.69, 9.17) is 9.15 Å². The van der Waals surface area contributed by atoms with E-state index >= 15 is 0 Å². The summed E-state index contributed by atoms with van der Waals surface area (Å²) in [4.78, 5) is 8.31. The van der Waals surface area contributed by atoms with Crippen LogP contribution in [0, 0.1) is 25.5 Å². The second kappa shape index (κ2) is 10.2. The fourth-order valence-corrected chi connectivity index (χ4v) is 1.92. The average Bonchev–Trinajstić information content (AvgIpc) is 2.86. The molecule has 1 heterocycles. The van der Waals surface area contributed by atoms with Crippen LogP contribution in [0.4, 0.5) is 8.78 Å². The van der Waals surface area contributed by atoms with Gasteiger partial charge in [0, 0.05) is 13.1 Å². The first-order valence-electron chi connectivity index (χ1n) is 7.45. The normalized spacial score (nSPS) is 11.0. The first kappa shape index (κ1) is 21.1. The van der Waals surface area contributed by atoms with Crippen LogP contribution in [0.2, 0.25) is 0 Å². The van der Waals surface area contributed by atoms with Crippen molar-refractivity contribution in [3.8, 4) is 5.75 Å². The molecule has 0 saturated heterocycles. The average molecular weight is 466 g/mol. The summed E-state index contributed by atoms with van der Waals surface area (Å²) in [5.41, 5.74) is 0.851. The van der Waals surface area contributed by atoms with Crippen molar-refractivity contribution < 1.29 is 17.9 Å². The van der Waals surface area contributed by atoms with Gasteiger partial charge in [0.05, 0.1) is 18.8 Å². The highest BCUT2D eigenvalue weighted by Crippen LogP contribution is 2.17. The van der Waals surface area contributed by atoms with E-state index < -0.39 is 11.6 Å². The Kier molecular flexibility index (Phi) is 8.59. The second-order valence-corrected chi connectivity index (χ2v) is 5.02. The van der Waals surface area contributed by atoms with Gasteiger partial charge in [0.25, 0.3) is 0 Å². The summed E-state index contributed by atoms with van der Waals surface area (Å²) >= 11 is 0. The summed E-state index contributed by atoms with van der Waals surface area (Å²) in [5.74, 6) is 0.521. The number of aryl methyl sites for hydroxylation is 2. The van der Waals surface area contributed by atoms with Crippen LogP contribution in [0.5, 0.6) is 5.75 Å². The van der Waals surface area contributed by atoms with Crippen molar-refractivity contribution in [3.05, 3.63) is 47.2 Å². The first-order chi connectivity index (χ1) is 11.5. The Morgan fingerprint density at radius 1 is 1.28 bits per heavy atom. The Balaban J connectivity index is 0.00000312. The monoisotopic (exact) mass is 466 g/mol. The van der Waals surface area contributed by atoms with E-state index in [9.17, 15) is 8.78 Å². The van der Waals surface area contributed by atoms with E-state index in [2.05, 4.69) is 20.6 Å². The van der Waals surface area contributed by atoms with Gasteiger partial charge in [-0.2, -0.15) is 0 Å². The van der Waals surface area contributed by atoms with Gasteiger partial charge in [-0.1, -0.05) is 0 Å². The molecule has 0 fully saturated rings. The topological polar surface area (TPSA) is 71.7 Å². The fourth-order valence-electron chi connectivity index (χ4n) is 1.92. The van der Waals surface area contributed by atoms with Gasteiger partial charge in [-0.05, 0) is 26.0 Å². The molecule has 1 aromatic heterocycles. The molecule has 2 rings (SSSR count). The summed E-state index contributed by atoms with van der Waals surface area (Å²) in [7, 11) is 1.63. The molecule has 138 valence electrons. The van der Waals surface area contributed by atoms with Gasteiger partial charge in [-0.15, -0.1) is 24.0 Å². The zero-order valence-electron chi connectivity index (χ0n) is 14.2. The standard InChI is InChI=1S/C16H20F2N4O2.HI/c1-10-11(2)24-15(22-10)9-21-16(19-3)20-6-7-23-14-5-4-12(17)8-13(14)18;/h4-5,8H,6-7,9H2,1-3H3,(H2,19,20,21);1H. The summed E-state index contributed by atoms with van der Waals surface area (Å²) in [5, 5.41) is 6.06. The number of hydrogen-bond acceptors (Lipinski definition) is 4. The molecule has 0 aliphatic heterocycles. The SMILES string of the molecule is CN=C(NCCOc1ccc(F)cc1F)NCc1nc(C)c(C)o1.I. The molecule has 25 heavy (non-hydrogen) atoms. The quantitative estimate of drug-likeness (QED) is 0.297. The largest absolute Gasteiger partial charge is 0.489 e. The minimum absolute atomic E-state index is 0. The van der Waals surface area contributed by atoms with Crippen LogP contribution in [0.1, 0.15) is 17.3 Å². The Hall–Kier alpha value is -1.91. The maximum Gasteiger partial charge on any atom is 0.214 e. The van der Waals surface area contributed by atoms with E-state index in [0.717, 1.165) is 23.6 Å². The van der Waals surface area contributed by atoms with Crippen molar-refractivity contribution in [2.45, 2.75) is 20.4 Å². The number of nitrogens with zero attached hydrogens (tertiary/aromatic N) is 2. The maximum atomic E-state index is 13.4. The molecule has 9 heteroatoms. The molecule has 0 radical (unpaired) electrons. The van der Waals surface area contributed by atoms with E-state index in [1.807, 2.05) is 13.8 Å². The van der Waals surface area contributed by atoms with Crippen LogP contribution in [-0.4, -0.2) is 31.1 Å². The number of ether oxygens (including phenoxy) is 1. The Morgan fingerprint density at radius 3 is 2.64 bits per heavy atom. The minimum atomic E-state index is -0.729. The van der Waals surface area contributed by atoms with Crippen molar-refractivity contribution >= 4 is 29.9 Å². The van der Waals surface area contributed by atoms with Crippen molar-refractivity contribution in [2.75, 3.05) is 20.2 Å². The number of hydrogen-bond donors (Lipinski definition) is 2. The van der Waals surface area contributed by atoms with Gasteiger partial charge < -0.3 is 19.8 Å². The lowest BCUT2D eigenvalue weighted by molar-refractivity contribution is 0.304. The lowest BCUT2D eigenvalue weighted by atomic mass is 10.3. The van der Waals surface area contributed by atoms with E-state index in [1.54, 1.807) is 7.05 Å². The van der Waals surface area contributed by atoms with Crippen molar-refractivity contribution in [1.29, 1.82) is 0 Å². The maximum absolute atomic E-state index is 13.4. The zero-order chi connectivity index (χ0) is 17.5. The summed E-state index contributed by atoms with van der Waals surface area (Å²) in [6.07, 6.45) is 0. The highest BCUT2D eigenvalue weighted by molar-refractivity contribution is 14.0. The van der Waals surface area contributed by atoms with Gasteiger partial charge >= 0.3 is 0 Å². The van der Waals surface area contributed by atoms with Crippen molar-refractivity contribution in [2.24, 2.45) is 4.99 Å². The highest BCUT2D eigenvalue weighted by Gasteiger charge is 2.07. The smallest absolute Gasteiger partial charge is 0.214 e.